The monoisotopic (exact) mass is 388 g/mol. The highest BCUT2D eigenvalue weighted by Crippen LogP contribution is 2.41. The molecule has 0 radical (unpaired) electrons. The van der Waals surface area contributed by atoms with Gasteiger partial charge in [0.2, 0.25) is 0 Å². The van der Waals surface area contributed by atoms with E-state index >= 15 is 0 Å². The molecular weight excluding hydrogens is 352 g/mol. The zero-order valence-corrected chi connectivity index (χ0v) is 18.3. The molecule has 1 aliphatic heterocycles. The first-order valence-corrected chi connectivity index (χ1v) is 10.2. The van der Waals surface area contributed by atoms with Crippen LogP contribution in [0.1, 0.15) is 64.9 Å². The maximum atomic E-state index is 10.9. The highest BCUT2D eigenvalue weighted by atomic mass is 16.8. The Balaban J connectivity index is 0.000000921. The molecule has 1 saturated heterocycles. The van der Waals surface area contributed by atoms with Crippen LogP contribution >= 0.6 is 0 Å². The molecular formula is C24H36O4. The summed E-state index contributed by atoms with van der Waals surface area (Å²) in [6, 6.07) is 19.4. The van der Waals surface area contributed by atoms with E-state index in [1.54, 1.807) is 7.11 Å². The van der Waals surface area contributed by atoms with Gasteiger partial charge in [0.15, 0.2) is 5.79 Å². The van der Waals surface area contributed by atoms with E-state index in [9.17, 15) is 5.11 Å². The van der Waals surface area contributed by atoms with Crippen LogP contribution in [0, 0.1) is 0 Å². The Bertz CT molecular complexity index is 642. The fourth-order valence-corrected chi connectivity index (χ4v) is 3.24. The normalized spacial score (nSPS) is 22.1. The molecule has 0 aromatic heterocycles. The first-order chi connectivity index (χ1) is 13.5. The second kappa shape index (κ2) is 12.0. The number of hydrogen-bond acceptors (Lipinski definition) is 4. The van der Waals surface area contributed by atoms with Crippen molar-refractivity contribution >= 4 is 0 Å². The Morgan fingerprint density at radius 3 is 1.68 bits per heavy atom. The van der Waals surface area contributed by atoms with Gasteiger partial charge in [0.25, 0.3) is 0 Å². The van der Waals surface area contributed by atoms with Crippen molar-refractivity contribution in [2.75, 3.05) is 7.11 Å². The number of hydrogen-bond donors (Lipinski definition) is 1. The van der Waals surface area contributed by atoms with E-state index in [1.807, 2.05) is 102 Å². The van der Waals surface area contributed by atoms with Gasteiger partial charge in [-0.1, -0.05) is 88.4 Å². The van der Waals surface area contributed by atoms with Gasteiger partial charge in [-0.3, -0.25) is 0 Å². The summed E-state index contributed by atoms with van der Waals surface area (Å²) in [7, 11) is 1.65. The number of benzene rings is 2. The molecule has 1 fully saturated rings. The zero-order chi connectivity index (χ0) is 21.2. The Kier molecular flexibility index (Phi) is 10.4. The number of methoxy groups -OCH3 is 1. The third-order valence-electron chi connectivity index (χ3n) is 4.30. The first kappa shape index (κ1) is 24.3. The molecule has 2 aromatic rings. The Labute approximate surface area is 170 Å². The lowest BCUT2D eigenvalue weighted by Crippen LogP contribution is -2.35. The largest absolute Gasteiger partial charge is 0.386 e. The van der Waals surface area contributed by atoms with E-state index in [-0.39, 0.29) is 6.10 Å². The predicted molar refractivity (Wildman–Crippen MR) is 114 cm³/mol. The lowest BCUT2D eigenvalue weighted by atomic mass is 9.94. The van der Waals surface area contributed by atoms with Crippen molar-refractivity contribution < 1.29 is 19.3 Å². The molecule has 0 unspecified atom stereocenters. The van der Waals surface area contributed by atoms with Crippen LogP contribution in [0.4, 0.5) is 0 Å². The molecule has 28 heavy (non-hydrogen) atoms. The van der Waals surface area contributed by atoms with Crippen molar-refractivity contribution in [3.05, 3.63) is 71.8 Å². The van der Waals surface area contributed by atoms with Gasteiger partial charge in [0.05, 0.1) is 0 Å². The summed E-state index contributed by atoms with van der Waals surface area (Å²) in [5.74, 6) is -0.781. The van der Waals surface area contributed by atoms with E-state index in [0.717, 1.165) is 11.1 Å². The SMILES string of the molecule is CC.CC.CO[C@H](c1ccccc1)[C@@H]1OC(C)(C)O[C@H]1[C@H](O)c1ccccc1. The van der Waals surface area contributed by atoms with Crippen LogP contribution in [-0.2, 0) is 14.2 Å². The van der Waals surface area contributed by atoms with E-state index in [0.29, 0.717) is 0 Å². The molecule has 4 heteroatoms. The molecule has 0 saturated carbocycles. The maximum absolute atomic E-state index is 10.9. The van der Waals surface area contributed by atoms with Gasteiger partial charge in [-0.05, 0) is 25.0 Å². The average molecular weight is 389 g/mol. The predicted octanol–water partition coefficient (Wildman–Crippen LogP) is 5.68. The van der Waals surface area contributed by atoms with Gasteiger partial charge in [0.1, 0.15) is 24.4 Å². The van der Waals surface area contributed by atoms with Crippen LogP contribution in [0.15, 0.2) is 60.7 Å². The third-order valence-corrected chi connectivity index (χ3v) is 4.30. The summed E-state index contributed by atoms with van der Waals surface area (Å²) >= 11 is 0. The van der Waals surface area contributed by atoms with Crippen molar-refractivity contribution in [2.24, 2.45) is 0 Å². The number of aliphatic hydroxyl groups is 1. The Morgan fingerprint density at radius 2 is 1.21 bits per heavy atom. The van der Waals surface area contributed by atoms with Gasteiger partial charge in [0, 0.05) is 7.11 Å². The maximum Gasteiger partial charge on any atom is 0.164 e. The number of rotatable bonds is 5. The van der Waals surface area contributed by atoms with Crippen molar-refractivity contribution in [3.63, 3.8) is 0 Å². The topological polar surface area (TPSA) is 47.9 Å². The summed E-state index contributed by atoms with van der Waals surface area (Å²) in [4.78, 5) is 0. The lowest BCUT2D eigenvalue weighted by Gasteiger charge is -2.28. The van der Waals surface area contributed by atoms with Gasteiger partial charge in [-0.25, -0.2) is 0 Å². The van der Waals surface area contributed by atoms with E-state index in [4.69, 9.17) is 14.2 Å². The Hall–Kier alpha value is -1.72. The molecule has 0 aliphatic carbocycles. The van der Waals surface area contributed by atoms with Crippen LogP contribution in [0.2, 0.25) is 0 Å². The second-order valence-corrected chi connectivity index (χ2v) is 6.49. The highest BCUT2D eigenvalue weighted by Gasteiger charge is 2.49. The molecule has 0 bridgehead atoms. The Morgan fingerprint density at radius 1 is 0.786 bits per heavy atom. The molecule has 2 aromatic carbocycles. The minimum Gasteiger partial charge on any atom is -0.386 e. The molecule has 0 spiro atoms. The summed E-state index contributed by atoms with van der Waals surface area (Å²) in [6.07, 6.45) is -2.05. The summed E-state index contributed by atoms with van der Waals surface area (Å²) in [6.45, 7) is 11.7. The van der Waals surface area contributed by atoms with Crippen molar-refractivity contribution in [3.8, 4) is 0 Å². The zero-order valence-electron chi connectivity index (χ0n) is 18.3. The van der Waals surface area contributed by atoms with Crippen LogP contribution in [0.3, 0.4) is 0 Å². The summed E-state index contributed by atoms with van der Waals surface area (Å²) < 4.78 is 17.8. The smallest absolute Gasteiger partial charge is 0.164 e. The van der Waals surface area contributed by atoms with E-state index in [1.165, 1.54) is 0 Å². The molecule has 3 rings (SSSR count). The standard InChI is InChI=1S/C20H24O4.2C2H6/c1-20(2)23-18(16(21)14-10-6-4-7-11-14)19(24-20)17(22-3)15-12-8-5-9-13-15;2*1-2/h4-13,16-19,21H,1-3H3;2*1-2H3/t16-,17-,18+,19+;;/m1../s1. The molecule has 4 nitrogen and oxygen atoms in total. The average Bonchev–Trinajstić information content (AvgIpc) is 3.07. The van der Waals surface area contributed by atoms with Crippen LogP contribution in [0.5, 0.6) is 0 Å². The van der Waals surface area contributed by atoms with E-state index < -0.39 is 24.1 Å². The number of ether oxygens (including phenoxy) is 3. The molecule has 4 atom stereocenters. The molecule has 1 N–H and O–H groups in total. The van der Waals surface area contributed by atoms with Crippen molar-refractivity contribution in [2.45, 2.75) is 71.7 Å². The van der Waals surface area contributed by atoms with Crippen molar-refractivity contribution in [1.29, 1.82) is 0 Å². The van der Waals surface area contributed by atoms with Gasteiger partial charge >= 0.3 is 0 Å². The number of aliphatic hydroxyl groups excluding tert-OH is 1. The summed E-state index contributed by atoms with van der Waals surface area (Å²) in [5, 5.41) is 10.9. The van der Waals surface area contributed by atoms with Crippen LogP contribution in [-0.4, -0.2) is 30.2 Å². The van der Waals surface area contributed by atoms with Gasteiger partial charge in [-0.15, -0.1) is 0 Å². The molecule has 1 heterocycles. The molecule has 0 amide bonds. The molecule has 1 aliphatic rings. The fraction of sp³-hybridized carbons (Fsp3) is 0.500. The first-order valence-electron chi connectivity index (χ1n) is 10.2. The van der Waals surface area contributed by atoms with Gasteiger partial charge in [-0.2, -0.15) is 0 Å². The highest BCUT2D eigenvalue weighted by molar-refractivity contribution is 5.23. The van der Waals surface area contributed by atoms with Gasteiger partial charge < -0.3 is 19.3 Å². The minimum atomic E-state index is -0.792. The minimum absolute atomic E-state index is 0.323. The molecule has 156 valence electrons. The van der Waals surface area contributed by atoms with Crippen LogP contribution < -0.4 is 0 Å². The quantitative estimate of drug-likeness (QED) is 0.716. The van der Waals surface area contributed by atoms with Crippen molar-refractivity contribution in [1.82, 2.24) is 0 Å². The van der Waals surface area contributed by atoms with E-state index in [2.05, 4.69) is 0 Å². The third kappa shape index (κ3) is 6.14. The second-order valence-electron chi connectivity index (χ2n) is 6.49. The summed E-state index contributed by atoms with van der Waals surface area (Å²) in [5.41, 5.74) is 1.80. The van der Waals surface area contributed by atoms with Crippen LogP contribution in [0.25, 0.3) is 0 Å². The lowest BCUT2D eigenvalue weighted by molar-refractivity contribution is -0.162. The fourth-order valence-electron chi connectivity index (χ4n) is 3.24.